The third kappa shape index (κ3) is 4.59. The number of anilines is 1. The number of aromatic nitrogens is 1. The molecule has 0 bridgehead atoms. The van der Waals surface area contributed by atoms with E-state index in [9.17, 15) is 8.42 Å². The minimum atomic E-state index is -3.45. The largest absolute Gasteiger partial charge is 0.355 e. The van der Waals surface area contributed by atoms with E-state index in [1.165, 1.54) is 6.20 Å². The van der Waals surface area contributed by atoms with Crippen LogP contribution in [0.3, 0.4) is 0 Å². The molecule has 8 nitrogen and oxygen atoms in total. The van der Waals surface area contributed by atoms with Crippen molar-refractivity contribution < 1.29 is 8.42 Å². The second kappa shape index (κ2) is 8.85. The Morgan fingerprint density at radius 3 is 2.34 bits per heavy atom. The van der Waals surface area contributed by atoms with Crippen LogP contribution < -0.4 is 4.90 Å². The molecule has 3 fully saturated rings. The second-order valence-electron chi connectivity index (χ2n) is 8.42. The Balaban J connectivity index is 1.36. The number of piperazine rings is 2. The third-order valence-electron chi connectivity index (χ3n) is 6.68. The number of hydrogen-bond acceptors (Lipinski definition) is 7. The molecule has 0 amide bonds. The average molecular weight is 423 g/mol. The van der Waals surface area contributed by atoms with Gasteiger partial charge in [0.25, 0.3) is 0 Å². The second-order valence-corrected chi connectivity index (χ2v) is 10.4. The summed E-state index contributed by atoms with van der Waals surface area (Å²) in [5.41, 5.74) is 0. The zero-order chi connectivity index (χ0) is 20.4. The van der Waals surface area contributed by atoms with Crippen LogP contribution in [0.5, 0.6) is 0 Å². The smallest absolute Gasteiger partial charge is 0.244 e. The van der Waals surface area contributed by atoms with Crippen molar-refractivity contribution in [1.29, 1.82) is 0 Å². The molecular formula is C20H34N6O2S. The summed E-state index contributed by atoms with van der Waals surface area (Å²) in [6.45, 7) is 12.5. The monoisotopic (exact) mass is 422 g/mol. The molecule has 4 rings (SSSR count). The quantitative estimate of drug-likeness (QED) is 0.673. The summed E-state index contributed by atoms with van der Waals surface area (Å²) >= 11 is 0. The van der Waals surface area contributed by atoms with Crippen molar-refractivity contribution in [1.82, 2.24) is 24.0 Å². The molecule has 1 aromatic rings. The molecule has 3 saturated heterocycles. The van der Waals surface area contributed by atoms with Gasteiger partial charge in [-0.05, 0) is 32.1 Å². The van der Waals surface area contributed by atoms with E-state index in [-0.39, 0.29) is 0 Å². The molecule has 162 valence electrons. The van der Waals surface area contributed by atoms with E-state index in [1.807, 2.05) is 13.1 Å². The highest BCUT2D eigenvalue weighted by atomic mass is 32.2. The van der Waals surface area contributed by atoms with Crippen LogP contribution in [0.25, 0.3) is 0 Å². The maximum Gasteiger partial charge on any atom is 0.244 e. The standard InChI is InChI=1S/C20H34N6O2S/c1-3-23-10-12-24(13-11-23)18-6-7-25(17-18)20-5-4-19(16-21-20)29(27,28)26-14-8-22(2)9-15-26/h4-5,16,18H,3,6-15,17H2,1-2H3. The number of rotatable bonds is 5. The average Bonchev–Trinajstić information content (AvgIpc) is 3.24. The summed E-state index contributed by atoms with van der Waals surface area (Å²) < 4.78 is 27.3. The Hall–Kier alpha value is -1.26. The van der Waals surface area contributed by atoms with Crippen molar-refractivity contribution in [2.45, 2.75) is 24.3 Å². The van der Waals surface area contributed by atoms with Gasteiger partial charge in [0.15, 0.2) is 0 Å². The van der Waals surface area contributed by atoms with Crippen LogP contribution in [0.15, 0.2) is 23.2 Å². The van der Waals surface area contributed by atoms with E-state index in [1.54, 1.807) is 10.4 Å². The van der Waals surface area contributed by atoms with Crippen LogP contribution in [-0.2, 0) is 10.0 Å². The van der Waals surface area contributed by atoms with Gasteiger partial charge in [-0.25, -0.2) is 13.4 Å². The van der Waals surface area contributed by atoms with Gasteiger partial charge in [0.2, 0.25) is 10.0 Å². The highest BCUT2D eigenvalue weighted by molar-refractivity contribution is 7.89. The summed E-state index contributed by atoms with van der Waals surface area (Å²) in [7, 11) is -1.43. The lowest BCUT2D eigenvalue weighted by Crippen LogP contribution is -2.50. The lowest BCUT2D eigenvalue weighted by atomic mass is 10.2. The van der Waals surface area contributed by atoms with E-state index in [4.69, 9.17) is 0 Å². The molecule has 0 aromatic carbocycles. The zero-order valence-corrected chi connectivity index (χ0v) is 18.5. The highest BCUT2D eigenvalue weighted by Gasteiger charge is 2.31. The molecule has 4 heterocycles. The number of pyridine rings is 1. The van der Waals surface area contributed by atoms with Gasteiger partial charge in [0.1, 0.15) is 10.7 Å². The summed E-state index contributed by atoms with van der Waals surface area (Å²) in [4.78, 5) is 14.4. The minimum absolute atomic E-state index is 0.303. The van der Waals surface area contributed by atoms with E-state index in [2.05, 4.69) is 31.5 Å². The van der Waals surface area contributed by atoms with Crippen molar-refractivity contribution in [3.05, 3.63) is 18.3 Å². The van der Waals surface area contributed by atoms with Gasteiger partial charge in [-0.3, -0.25) is 4.90 Å². The number of nitrogens with zero attached hydrogens (tertiary/aromatic N) is 6. The third-order valence-corrected chi connectivity index (χ3v) is 8.56. The molecule has 9 heteroatoms. The predicted molar refractivity (Wildman–Crippen MR) is 115 cm³/mol. The Kier molecular flexibility index (Phi) is 6.41. The van der Waals surface area contributed by atoms with E-state index in [0.717, 1.165) is 71.1 Å². The molecule has 3 aliphatic heterocycles. The topological polar surface area (TPSA) is 63.2 Å². The first-order valence-corrected chi connectivity index (χ1v) is 12.3. The molecule has 1 unspecified atom stereocenters. The molecule has 1 aromatic heterocycles. The lowest BCUT2D eigenvalue weighted by Gasteiger charge is -2.37. The van der Waals surface area contributed by atoms with E-state index >= 15 is 0 Å². The van der Waals surface area contributed by atoms with Crippen LogP contribution in [-0.4, -0.2) is 117 Å². The fraction of sp³-hybridized carbons (Fsp3) is 0.750. The molecule has 0 aliphatic carbocycles. The maximum absolute atomic E-state index is 12.9. The van der Waals surface area contributed by atoms with Gasteiger partial charge >= 0.3 is 0 Å². The van der Waals surface area contributed by atoms with Crippen LogP contribution >= 0.6 is 0 Å². The molecule has 0 saturated carbocycles. The molecular weight excluding hydrogens is 388 g/mol. The fourth-order valence-corrected chi connectivity index (χ4v) is 5.95. The van der Waals surface area contributed by atoms with Crippen LogP contribution in [0.1, 0.15) is 13.3 Å². The van der Waals surface area contributed by atoms with Crippen molar-refractivity contribution in [2.75, 3.05) is 83.9 Å². The highest BCUT2D eigenvalue weighted by Crippen LogP contribution is 2.24. The number of likely N-dealkylation sites (N-methyl/N-ethyl adjacent to an activating group) is 2. The van der Waals surface area contributed by atoms with Gasteiger partial charge in [0, 0.05) is 77.7 Å². The Bertz CT molecular complexity index is 771. The first-order chi connectivity index (χ1) is 14.0. The van der Waals surface area contributed by atoms with Gasteiger partial charge in [0.05, 0.1) is 0 Å². The maximum atomic E-state index is 12.9. The number of hydrogen-bond donors (Lipinski definition) is 0. The molecule has 3 aliphatic rings. The Labute approximate surface area is 175 Å². The fourth-order valence-electron chi connectivity index (χ4n) is 4.58. The van der Waals surface area contributed by atoms with Crippen LogP contribution in [0.4, 0.5) is 5.82 Å². The molecule has 29 heavy (non-hydrogen) atoms. The normalized spacial score (nSPS) is 26.3. The van der Waals surface area contributed by atoms with Gasteiger partial charge in [-0.15, -0.1) is 0 Å². The summed E-state index contributed by atoms with van der Waals surface area (Å²) in [5.74, 6) is 0.886. The Morgan fingerprint density at radius 1 is 1.00 bits per heavy atom. The Morgan fingerprint density at radius 2 is 1.72 bits per heavy atom. The molecule has 0 N–H and O–H groups in total. The first-order valence-electron chi connectivity index (χ1n) is 10.8. The zero-order valence-electron chi connectivity index (χ0n) is 17.7. The summed E-state index contributed by atoms with van der Waals surface area (Å²) in [6.07, 6.45) is 2.69. The van der Waals surface area contributed by atoms with E-state index in [0.29, 0.717) is 24.0 Å². The number of sulfonamides is 1. The summed E-state index contributed by atoms with van der Waals surface area (Å²) in [6, 6.07) is 4.17. The van der Waals surface area contributed by atoms with Gasteiger partial charge < -0.3 is 14.7 Å². The van der Waals surface area contributed by atoms with Crippen molar-refractivity contribution in [3.8, 4) is 0 Å². The van der Waals surface area contributed by atoms with Crippen LogP contribution in [0, 0.1) is 0 Å². The van der Waals surface area contributed by atoms with Gasteiger partial charge in [-0.1, -0.05) is 6.92 Å². The predicted octanol–water partition coefficient (Wildman–Crippen LogP) is 0.234. The molecule has 1 atom stereocenters. The molecule has 0 spiro atoms. The SMILES string of the molecule is CCN1CCN(C2CCN(c3ccc(S(=O)(=O)N4CCN(C)CC4)cn3)C2)CC1. The lowest BCUT2D eigenvalue weighted by molar-refractivity contribution is 0.107. The summed E-state index contributed by atoms with van der Waals surface area (Å²) in [5, 5.41) is 0. The minimum Gasteiger partial charge on any atom is -0.355 e. The van der Waals surface area contributed by atoms with Crippen molar-refractivity contribution in [3.63, 3.8) is 0 Å². The molecule has 0 radical (unpaired) electrons. The van der Waals surface area contributed by atoms with Gasteiger partial charge in [-0.2, -0.15) is 4.31 Å². The van der Waals surface area contributed by atoms with E-state index < -0.39 is 10.0 Å². The van der Waals surface area contributed by atoms with Crippen molar-refractivity contribution >= 4 is 15.8 Å². The van der Waals surface area contributed by atoms with Crippen molar-refractivity contribution in [2.24, 2.45) is 0 Å². The van der Waals surface area contributed by atoms with Crippen LogP contribution in [0.2, 0.25) is 0 Å². The first kappa shape index (κ1) is 21.0.